The largest absolute Gasteiger partial charge is 0.483 e. The van der Waals surface area contributed by atoms with Crippen molar-refractivity contribution in [2.24, 2.45) is 0 Å². The molecule has 5 rings (SSSR count). The quantitative estimate of drug-likeness (QED) is 0.645. The van der Waals surface area contributed by atoms with E-state index in [1.54, 1.807) is 0 Å². The number of benzene rings is 2. The Hall–Kier alpha value is -3.02. The van der Waals surface area contributed by atoms with Crippen molar-refractivity contribution in [2.75, 3.05) is 19.7 Å². The SMILES string of the molecule is CC1(C)Cc2cccc(OCC(=O)N3CCC(c4nc5ccccc5o4)CC3)c2O1. The molecule has 30 heavy (non-hydrogen) atoms. The normalized spacial score (nSPS) is 18.3. The highest BCUT2D eigenvalue weighted by Gasteiger charge is 2.33. The summed E-state index contributed by atoms with van der Waals surface area (Å²) in [6, 6.07) is 13.7. The van der Waals surface area contributed by atoms with Gasteiger partial charge in [-0.1, -0.05) is 24.3 Å². The summed E-state index contributed by atoms with van der Waals surface area (Å²) in [7, 11) is 0. The number of piperidine rings is 1. The van der Waals surface area contributed by atoms with Gasteiger partial charge in [0.2, 0.25) is 0 Å². The van der Waals surface area contributed by atoms with Gasteiger partial charge in [0.1, 0.15) is 11.1 Å². The van der Waals surface area contributed by atoms with Crippen LogP contribution in [0.4, 0.5) is 0 Å². The minimum Gasteiger partial charge on any atom is -0.483 e. The van der Waals surface area contributed by atoms with Crippen LogP contribution >= 0.6 is 0 Å². The predicted molar refractivity (Wildman–Crippen MR) is 113 cm³/mol. The minimum absolute atomic E-state index is 0.000811. The van der Waals surface area contributed by atoms with Crippen LogP contribution in [0.1, 0.15) is 44.1 Å². The van der Waals surface area contributed by atoms with Crippen LogP contribution in [-0.2, 0) is 11.2 Å². The fourth-order valence-electron chi connectivity index (χ4n) is 4.37. The van der Waals surface area contributed by atoms with Crippen molar-refractivity contribution in [3.05, 3.63) is 53.9 Å². The second kappa shape index (κ2) is 7.35. The van der Waals surface area contributed by atoms with Crippen molar-refractivity contribution in [1.29, 1.82) is 0 Å². The smallest absolute Gasteiger partial charge is 0.260 e. The lowest BCUT2D eigenvalue weighted by molar-refractivity contribution is -0.134. The molecule has 6 heteroatoms. The Bertz CT molecular complexity index is 1050. The van der Waals surface area contributed by atoms with Crippen molar-refractivity contribution in [1.82, 2.24) is 9.88 Å². The maximum atomic E-state index is 12.7. The summed E-state index contributed by atoms with van der Waals surface area (Å²) in [5.41, 5.74) is 2.60. The highest BCUT2D eigenvalue weighted by atomic mass is 16.5. The van der Waals surface area contributed by atoms with Crippen molar-refractivity contribution in [3.63, 3.8) is 0 Å². The first-order valence-corrected chi connectivity index (χ1v) is 10.6. The molecule has 156 valence electrons. The van der Waals surface area contributed by atoms with E-state index in [0.717, 1.165) is 47.6 Å². The molecule has 1 amide bonds. The fourth-order valence-corrected chi connectivity index (χ4v) is 4.37. The molecule has 1 aromatic heterocycles. The third-order valence-electron chi connectivity index (χ3n) is 5.91. The molecule has 6 nitrogen and oxygen atoms in total. The van der Waals surface area contributed by atoms with Gasteiger partial charge in [-0.3, -0.25) is 4.79 Å². The summed E-state index contributed by atoms with van der Waals surface area (Å²) in [6.07, 6.45) is 2.53. The van der Waals surface area contributed by atoms with Crippen molar-refractivity contribution >= 4 is 17.0 Å². The molecular weight excluding hydrogens is 380 g/mol. The number of amides is 1. The number of carbonyl (C=O) groups is 1. The van der Waals surface area contributed by atoms with E-state index < -0.39 is 0 Å². The van der Waals surface area contributed by atoms with E-state index in [1.807, 2.05) is 41.3 Å². The van der Waals surface area contributed by atoms with E-state index in [9.17, 15) is 4.79 Å². The van der Waals surface area contributed by atoms with Crippen LogP contribution in [0.15, 0.2) is 46.9 Å². The zero-order valence-electron chi connectivity index (χ0n) is 17.4. The van der Waals surface area contributed by atoms with E-state index in [1.165, 1.54) is 0 Å². The van der Waals surface area contributed by atoms with Crippen LogP contribution in [0.25, 0.3) is 11.1 Å². The number of rotatable bonds is 4. The summed E-state index contributed by atoms with van der Waals surface area (Å²) >= 11 is 0. The number of fused-ring (bicyclic) bond motifs is 2. The standard InChI is InChI=1S/C24H26N2O4/c1-24(2)14-17-6-5-9-20(22(17)30-24)28-15-21(27)26-12-10-16(11-13-26)23-25-18-7-3-4-8-19(18)29-23/h3-9,16H,10-15H2,1-2H3. The Kier molecular flexibility index (Phi) is 4.65. The van der Waals surface area contributed by atoms with Gasteiger partial charge in [0, 0.05) is 31.0 Å². The summed E-state index contributed by atoms with van der Waals surface area (Å²) in [6.45, 7) is 5.50. The van der Waals surface area contributed by atoms with Gasteiger partial charge >= 0.3 is 0 Å². The third-order valence-corrected chi connectivity index (χ3v) is 5.91. The van der Waals surface area contributed by atoms with Gasteiger partial charge in [-0.05, 0) is 44.9 Å². The number of likely N-dealkylation sites (tertiary alicyclic amines) is 1. The Morgan fingerprint density at radius 3 is 2.77 bits per heavy atom. The van der Waals surface area contributed by atoms with E-state index >= 15 is 0 Å². The highest BCUT2D eigenvalue weighted by Crippen LogP contribution is 2.41. The molecule has 0 spiro atoms. The van der Waals surface area contributed by atoms with E-state index in [0.29, 0.717) is 18.8 Å². The Morgan fingerprint density at radius 2 is 1.97 bits per heavy atom. The van der Waals surface area contributed by atoms with Gasteiger partial charge in [-0.25, -0.2) is 4.98 Å². The van der Waals surface area contributed by atoms with Crippen molar-refractivity contribution < 1.29 is 18.7 Å². The number of para-hydroxylation sites is 3. The molecule has 1 saturated heterocycles. The molecule has 3 heterocycles. The number of carbonyl (C=O) groups excluding carboxylic acids is 1. The number of oxazole rings is 1. The van der Waals surface area contributed by atoms with Crippen LogP contribution in [0, 0.1) is 0 Å². The lowest BCUT2D eigenvalue weighted by Gasteiger charge is -2.30. The summed E-state index contributed by atoms with van der Waals surface area (Å²) in [5.74, 6) is 2.44. The Labute approximate surface area is 175 Å². The molecule has 0 bridgehead atoms. The first-order valence-electron chi connectivity index (χ1n) is 10.6. The van der Waals surface area contributed by atoms with Crippen LogP contribution < -0.4 is 9.47 Å². The van der Waals surface area contributed by atoms with E-state index in [2.05, 4.69) is 24.9 Å². The number of nitrogens with zero attached hydrogens (tertiary/aromatic N) is 2. The number of ether oxygens (including phenoxy) is 2. The predicted octanol–water partition coefficient (Wildman–Crippen LogP) is 4.33. The number of hydrogen-bond donors (Lipinski definition) is 0. The third kappa shape index (κ3) is 3.62. The summed E-state index contributed by atoms with van der Waals surface area (Å²) < 4.78 is 17.8. The van der Waals surface area contributed by atoms with Crippen LogP contribution in [0.3, 0.4) is 0 Å². The average molecular weight is 406 g/mol. The molecule has 0 unspecified atom stereocenters. The highest BCUT2D eigenvalue weighted by molar-refractivity contribution is 5.78. The minimum atomic E-state index is -0.238. The maximum Gasteiger partial charge on any atom is 0.260 e. The summed E-state index contributed by atoms with van der Waals surface area (Å²) in [5, 5.41) is 0. The Morgan fingerprint density at radius 1 is 1.17 bits per heavy atom. The molecule has 2 aliphatic heterocycles. The molecular formula is C24H26N2O4. The second-order valence-electron chi connectivity index (χ2n) is 8.75. The molecule has 2 aromatic carbocycles. The Balaban J connectivity index is 1.18. The maximum absolute atomic E-state index is 12.7. The van der Waals surface area contributed by atoms with E-state index in [-0.39, 0.29) is 24.0 Å². The van der Waals surface area contributed by atoms with E-state index in [4.69, 9.17) is 13.9 Å². The first-order chi connectivity index (χ1) is 14.5. The fraction of sp³-hybridized carbons (Fsp3) is 0.417. The average Bonchev–Trinajstić information content (AvgIpc) is 3.31. The van der Waals surface area contributed by atoms with Crippen LogP contribution in [-0.4, -0.2) is 41.1 Å². The monoisotopic (exact) mass is 406 g/mol. The van der Waals surface area contributed by atoms with Crippen molar-refractivity contribution in [3.8, 4) is 11.5 Å². The lowest BCUT2D eigenvalue weighted by Crippen LogP contribution is -2.40. The molecule has 2 aliphatic rings. The first kappa shape index (κ1) is 19.0. The molecule has 0 saturated carbocycles. The molecule has 0 N–H and O–H groups in total. The van der Waals surface area contributed by atoms with Gasteiger partial charge in [0.05, 0.1) is 0 Å². The van der Waals surface area contributed by atoms with Gasteiger partial charge in [0.15, 0.2) is 29.6 Å². The number of aromatic nitrogens is 1. The molecule has 0 aliphatic carbocycles. The zero-order valence-corrected chi connectivity index (χ0v) is 17.4. The van der Waals surface area contributed by atoms with Gasteiger partial charge in [-0.15, -0.1) is 0 Å². The lowest BCUT2D eigenvalue weighted by atomic mass is 9.97. The molecule has 0 radical (unpaired) electrons. The molecule has 3 aromatic rings. The van der Waals surface area contributed by atoms with Crippen LogP contribution in [0.5, 0.6) is 11.5 Å². The van der Waals surface area contributed by atoms with Crippen molar-refractivity contribution in [2.45, 2.75) is 44.6 Å². The van der Waals surface area contributed by atoms with Gasteiger partial charge < -0.3 is 18.8 Å². The molecule has 0 atom stereocenters. The molecule has 1 fully saturated rings. The van der Waals surface area contributed by atoms with Gasteiger partial charge in [-0.2, -0.15) is 0 Å². The van der Waals surface area contributed by atoms with Gasteiger partial charge in [0.25, 0.3) is 5.91 Å². The number of hydrogen-bond acceptors (Lipinski definition) is 5. The van der Waals surface area contributed by atoms with Crippen LogP contribution in [0.2, 0.25) is 0 Å². The second-order valence-corrected chi connectivity index (χ2v) is 8.75. The summed E-state index contributed by atoms with van der Waals surface area (Å²) in [4.78, 5) is 19.2. The zero-order chi connectivity index (χ0) is 20.7. The topological polar surface area (TPSA) is 64.8 Å².